The van der Waals surface area contributed by atoms with Gasteiger partial charge in [-0.15, -0.1) is 0 Å². The molecule has 0 bridgehead atoms. The highest BCUT2D eigenvalue weighted by Crippen LogP contribution is 2.37. The molecule has 1 fully saturated rings. The van der Waals surface area contributed by atoms with Crippen LogP contribution >= 0.6 is 23.2 Å². The number of nitrogens with one attached hydrogen (secondary N) is 2. The Labute approximate surface area is 166 Å². The maximum absolute atomic E-state index is 11.7. The number of hydrogen-bond acceptors (Lipinski definition) is 4. The van der Waals surface area contributed by atoms with Crippen molar-refractivity contribution in [1.82, 2.24) is 10.3 Å². The van der Waals surface area contributed by atoms with Crippen LogP contribution in [0.4, 0.5) is 11.4 Å². The van der Waals surface area contributed by atoms with Crippen LogP contribution in [0.25, 0.3) is 10.9 Å². The van der Waals surface area contributed by atoms with Crippen molar-refractivity contribution in [2.24, 2.45) is 0 Å². The van der Waals surface area contributed by atoms with Gasteiger partial charge in [0, 0.05) is 34.1 Å². The predicted octanol–water partition coefficient (Wildman–Crippen LogP) is 5.06. The topological polar surface area (TPSA) is 74.2 Å². The van der Waals surface area contributed by atoms with Gasteiger partial charge in [0.05, 0.1) is 22.5 Å². The molecule has 0 spiro atoms. The second-order valence-electron chi connectivity index (χ2n) is 6.56. The van der Waals surface area contributed by atoms with Crippen LogP contribution in [0.15, 0.2) is 42.6 Å². The third kappa shape index (κ3) is 3.58. The van der Waals surface area contributed by atoms with Crippen molar-refractivity contribution in [1.29, 1.82) is 0 Å². The molecule has 0 saturated carbocycles. The van der Waals surface area contributed by atoms with Gasteiger partial charge in [-0.25, -0.2) is 4.79 Å². The van der Waals surface area contributed by atoms with Gasteiger partial charge in [-0.3, -0.25) is 4.98 Å². The van der Waals surface area contributed by atoms with E-state index >= 15 is 0 Å². The number of nitrogens with zero attached hydrogens (tertiary/aromatic N) is 1. The molecule has 5 nitrogen and oxygen atoms in total. The van der Waals surface area contributed by atoms with Gasteiger partial charge < -0.3 is 15.7 Å². The molecule has 4 rings (SSSR count). The molecule has 3 N–H and O–H groups in total. The predicted molar refractivity (Wildman–Crippen MR) is 109 cm³/mol. The Morgan fingerprint density at radius 3 is 2.70 bits per heavy atom. The fourth-order valence-electron chi connectivity index (χ4n) is 3.49. The lowest BCUT2D eigenvalue weighted by atomic mass is 9.95. The Balaban J connectivity index is 1.90. The number of aromatic nitrogens is 1. The second-order valence-corrected chi connectivity index (χ2v) is 7.43. The van der Waals surface area contributed by atoms with Crippen molar-refractivity contribution in [3.63, 3.8) is 0 Å². The molecule has 2 aromatic carbocycles. The van der Waals surface area contributed by atoms with Gasteiger partial charge in [-0.1, -0.05) is 23.2 Å². The summed E-state index contributed by atoms with van der Waals surface area (Å²) in [5, 5.41) is 18.1. The minimum atomic E-state index is -1.04. The smallest absolute Gasteiger partial charge is 0.337 e. The summed E-state index contributed by atoms with van der Waals surface area (Å²) in [5.74, 6) is -0.746. The average Bonchev–Trinajstić information content (AvgIpc) is 3.17. The minimum Gasteiger partial charge on any atom is -0.478 e. The molecule has 0 radical (unpaired) electrons. The van der Waals surface area contributed by atoms with E-state index in [-0.39, 0.29) is 5.56 Å². The first-order valence-corrected chi connectivity index (χ1v) is 9.37. The van der Waals surface area contributed by atoms with Crippen LogP contribution in [0, 0.1) is 0 Å². The third-order valence-corrected chi connectivity index (χ3v) is 5.30. The number of carboxylic acids is 1. The van der Waals surface area contributed by atoms with Crippen molar-refractivity contribution >= 4 is 51.4 Å². The molecule has 1 aromatic heterocycles. The Hall–Kier alpha value is -2.34. The van der Waals surface area contributed by atoms with Crippen molar-refractivity contribution in [3.8, 4) is 0 Å². The molecule has 3 aromatic rings. The number of pyridine rings is 1. The Kier molecular flexibility index (Phi) is 4.91. The van der Waals surface area contributed by atoms with Gasteiger partial charge in [-0.2, -0.15) is 0 Å². The van der Waals surface area contributed by atoms with Crippen LogP contribution in [0.5, 0.6) is 0 Å². The molecule has 138 valence electrons. The van der Waals surface area contributed by atoms with Crippen LogP contribution in [0.1, 0.15) is 28.3 Å². The summed E-state index contributed by atoms with van der Waals surface area (Å²) in [7, 11) is 0. The first kappa shape index (κ1) is 18.0. The molecular formula is C20H17Cl2N3O2. The summed E-state index contributed by atoms with van der Waals surface area (Å²) in [6, 6.07) is 10.3. The molecule has 0 amide bonds. The van der Waals surface area contributed by atoms with Gasteiger partial charge >= 0.3 is 5.97 Å². The molecule has 1 aliphatic heterocycles. The van der Waals surface area contributed by atoms with Gasteiger partial charge in [0.15, 0.2) is 0 Å². The van der Waals surface area contributed by atoms with Crippen molar-refractivity contribution in [2.45, 2.75) is 12.3 Å². The SMILES string of the molecule is O=C(O)c1cc(Cl)ccc1Nc1c([C@H]2CCNC2)cnc2ccc(Cl)cc12. The second kappa shape index (κ2) is 7.35. The Morgan fingerprint density at radius 1 is 1.19 bits per heavy atom. The lowest BCUT2D eigenvalue weighted by Crippen LogP contribution is -2.11. The van der Waals surface area contributed by atoms with Gasteiger partial charge in [-0.05, 0) is 54.9 Å². The summed E-state index contributed by atoms with van der Waals surface area (Å²) in [6.07, 6.45) is 2.86. The number of aromatic carboxylic acids is 1. The Morgan fingerprint density at radius 2 is 1.96 bits per heavy atom. The van der Waals surface area contributed by atoms with Crippen LogP contribution in [0.2, 0.25) is 10.0 Å². The largest absolute Gasteiger partial charge is 0.478 e. The standard InChI is InChI=1S/C20H17Cl2N3O2/c21-12-1-3-17-14(7-12)19(16(10-24-17)11-5-6-23-9-11)25-18-4-2-13(22)8-15(18)20(26)27/h1-4,7-8,10-11,23H,5-6,9H2,(H,24,25)(H,26,27)/t11-/m0/s1. The van der Waals surface area contributed by atoms with E-state index in [0.717, 1.165) is 41.7 Å². The molecule has 1 aliphatic rings. The monoisotopic (exact) mass is 401 g/mol. The normalized spacial score (nSPS) is 16.6. The van der Waals surface area contributed by atoms with E-state index in [9.17, 15) is 9.90 Å². The van der Waals surface area contributed by atoms with Crippen molar-refractivity contribution < 1.29 is 9.90 Å². The number of fused-ring (bicyclic) bond motifs is 1. The van der Waals surface area contributed by atoms with Crippen LogP contribution in [-0.2, 0) is 0 Å². The third-order valence-electron chi connectivity index (χ3n) is 4.83. The van der Waals surface area contributed by atoms with Crippen LogP contribution in [0.3, 0.4) is 0 Å². The quantitative estimate of drug-likeness (QED) is 0.569. The first-order chi connectivity index (χ1) is 13.0. The van der Waals surface area contributed by atoms with Gasteiger partial charge in [0.1, 0.15) is 0 Å². The maximum atomic E-state index is 11.7. The highest BCUT2D eigenvalue weighted by molar-refractivity contribution is 6.31. The van der Waals surface area contributed by atoms with Crippen molar-refractivity contribution in [2.75, 3.05) is 18.4 Å². The zero-order chi connectivity index (χ0) is 19.0. The highest BCUT2D eigenvalue weighted by atomic mass is 35.5. The number of rotatable bonds is 4. The number of hydrogen-bond donors (Lipinski definition) is 3. The van der Waals surface area contributed by atoms with E-state index in [1.54, 1.807) is 18.2 Å². The maximum Gasteiger partial charge on any atom is 0.337 e. The summed E-state index contributed by atoms with van der Waals surface area (Å²) in [5.41, 5.74) is 3.26. The number of carboxylic acid groups (broad SMARTS) is 1. The molecule has 2 heterocycles. The lowest BCUT2D eigenvalue weighted by Gasteiger charge is -2.19. The zero-order valence-corrected chi connectivity index (χ0v) is 15.8. The number of halogens is 2. The van der Waals surface area contributed by atoms with E-state index in [1.807, 2.05) is 18.3 Å². The lowest BCUT2D eigenvalue weighted by molar-refractivity contribution is 0.0698. The number of benzene rings is 2. The fraction of sp³-hybridized carbons (Fsp3) is 0.200. The molecule has 27 heavy (non-hydrogen) atoms. The summed E-state index contributed by atoms with van der Waals surface area (Å²) < 4.78 is 0. The van der Waals surface area contributed by atoms with E-state index < -0.39 is 5.97 Å². The first-order valence-electron chi connectivity index (χ1n) is 8.61. The van der Waals surface area contributed by atoms with E-state index in [0.29, 0.717) is 21.7 Å². The van der Waals surface area contributed by atoms with Gasteiger partial charge in [0.2, 0.25) is 0 Å². The molecular weight excluding hydrogens is 385 g/mol. The average molecular weight is 402 g/mol. The number of carbonyl (C=O) groups is 1. The molecule has 0 unspecified atom stereocenters. The van der Waals surface area contributed by atoms with Crippen molar-refractivity contribution in [3.05, 3.63) is 63.8 Å². The van der Waals surface area contributed by atoms with E-state index in [2.05, 4.69) is 15.6 Å². The number of anilines is 2. The fourth-order valence-corrected chi connectivity index (χ4v) is 3.83. The van der Waals surface area contributed by atoms with Crippen LogP contribution in [-0.4, -0.2) is 29.1 Å². The Bertz CT molecular complexity index is 1030. The molecule has 0 aliphatic carbocycles. The molecule has 7 heteroatoms. The molecule has 1 atom stereocenters. The van der Waals surface area contributed by atoms with E-state index in [4.69, 9.17) is 23.2 Å². The highest BCUT2D eigenvalue weighted by Gasteiger charge is 2.23. The van der Waals surface area contributed by atoms with Gasteiger partial charge in [0.25, 0.3) is 0 Å². The van der Waals surface area contributed by atoms with E-state index in [1.165, 1.54) is 6.07 Å². The molecule has 1 saturated heterocycles. The summed E-state index contributed by atoms with van der Waals surface area (Å²) in [6.45, 7) is 1.80. The summed E-state index contributed by atoms with van der Waals surface area (Å²) in [4.78, 5) is 16.3. The minimum absolute atomic E-state index is 0.116. The zero-order valence-electron chi connectivity index (χ0n) is 14.3. The van der Waals surface area contributed by atoms with Crippen LogP contribution < -0.4 is 10.6 Å². The summed E-state index contributed by atoms with van der Waals surface area (Å²) >= 11 is 12.2.